The first-order chi connectivity index (χ1) is 9.50. The van der Waals surface area contributed by atoms with Gasteiger partial charge in [0.25, 0.3) is 0 Å². The first-order valence-corrected chi connectivity index (χ1v) is 6.65. The van der Waals surface area contributed by atoms with Gasteiger partial charge in [-0.3, -0.25) is 9.69 Å². The van der Waals surface area contributed by atoms with Crippen molar-refractivity contribution in [2.24, 2.45) is 5.41 Å². The van der Waals surface area contributed by atoms with Crippen LogP contribution in [-0.4, -0.2) is 29.1 Å². The molecule has 0 amide bonds. The van der Waals surface area contributed by atoms with Crippen molar-refractivity contribution in [3.05, 3.63) is 35.1 Å². The summed E-state index contributed by atoms with van der Waals surface area (Å²) in [6.45, 7) is 3.39. The summed E-state index contributed by atoms with van der Waals surface area (Å²) in [6, 6.07) is 6.12. The third-order valence-electron chi connectivity index (χ3n) is 4.15. The van der Waals surface area contributed by atoms with Crippen molar-refractivity contribution in [1.82, 2.24) is 4.90 Å². The number of carbonyl (C=O) groups is 1. The summed E-state index contributed by atoms with van der Waals surface area (Å²) in [5.74, 6) is -1.15. The second-order valence-corrected chi connectivity index (χ2v) is 5.31. The first kappa shape index (κ1) is 14.5. The molecule has 1 aromatic rings. The van der Waals surface area contributed by atoms with E-state index in [0.717, 1.165) is 0 Å². The number of nitrogens with zero attached hydrogens (tertiary/aromatic N) is 2. The second-order valence-electron chi connectivity index (χ2n) is 5.31. The standard InChI is InChI=1S/C15H17FN2O2/c1-2-15(14(19)20)5-6-18(10-15)9-12-7-13(16)4-3-11(12)8-17/h3-4,7H,2,5-6,9-10H2,1H3,(H,19,20). The van der Waals surface area contributed by atoms with Crippen molar-refractivity contribution < 1.29 is 14.3 Å². The number of hydrogen-bond donors (Lipinski definition) is 1. The Hall–Kier alpha value is -1.93. The minimum absolute atomic E-state index is 0.377. The summed E-state index contributed by atoms with van der Waals surface area (Å²) in [7, 11) is 0. The third-order valence-corrected chi connectivity index (χ3v) is 4.15. The molecule has 5 heteroatoms. The van der Waals surface area contributed by atoms with Crippen LogP contribution in [-0.2, 0) is 11.3 Å². The Morgan fingerprint density at radius 2 is 2.35 bits per heavy atom. The van der Waals surface area contributed by atoms with Crippen LogP contribution in [0.4, 0.5) is 4.39 Å². The monoisotopic (exact) mass is 276 g/mol. The summed E-state index contributed by atoms with van der Waals surface area (Å²) >= 11 is 0. The topological polar surface area (TPSA) is 64.3 Å². The molecule has 0 bridgehead atoms. The average Bonchev–Trinajstić information content (AvgIpc) is 2.84. The molecule has 0 saturated carbocycles. The largest absolute Gasteiger partial charge is 0.481 e. The van der Waals surface area contributed by atoms with Crippen LogP contribution in [0.5, 0.6) is 0 Å². The van der Waals surface area contributed by atoms with Crippen LogP contribution in [0.15, 0.2) is 18.2 Å². The average molecular weight is 276 g/mol. The molecule has 106 valence electrons. The van der Waals surface area contributed by atoms with Crippen LogP contribution < -0.4 is 0 Å². The molecule has 1 heterocycles. The van der Waals surface area contributed by atoms with Gasteiger partial charge in [-0.1, -0.05) is 6.92 Å². The molecule has 1 fully saturated rings. The first-order valence-electron chi connectivity index (χ1n) is 6.65. The number of benzene rings is 1. The number of carboxylic acid groups (broad SMARTS) is 1. The fourth-order valence-electron chi connectivity index (χ4n) is 2.75. The molecular weight excluding hydrogens is 259 g/mol. The van der Waals surface area contributed by atoms with Gasteiger partial charge in [-0.05, 0) is 43.1 Å². The van der Waals surface area contributed by atoms with Crippen LogP contribution in [0.1, 0.15) is 30.9 Å². The van der Waals surface area contributed by atoms with Crippen molar-refractivity contribution in [2.45, 2.75) is 26.3 Å². The van der Waals surface area contributed by atoms with Gasteiger partial charge in [-0.2, -0.15) is 5.26 Å². The number of hydrogen-bond acceptors (Lipinski definition) is 3. The Balaban J connectivity index is 2.15. The number of nitriles is 1. The maximum atomic E-state index is 13.3. The molecule has 1 saturated heterocycles. The molecule has 1 aliphatic rings. The van der Waals surface area contributed by atoms with Crippen LogP contribution in [0.2, 0.25) is 0 Å². The fourth-order valence-corrected chi connectivity index (χ4v) is 2.75. The van der Waals surface area contributed by atoms with Crippen LogP contribution in [0, 0.1) is 22.6 Å². The van der Waals surface area contributed by atoms with Gasteiger partial charge in [-0.15, -0.1) is 0 Å². The lowest BCUT2D eigenvalue weighted by Crippen LogP contribution is -2.34. The van der Waals surface area contributed by atoms with E-state index in [0.29, 0.717) is 43.6 Å². The van der Waals surface area contributed by atoms with E-state index in [4.69, 9.17) is 5.26 Å². The van der Waals surface area contributed by atoms with E-state index in [-0.39, 0.29) is 5.82 Å². The smallest absolute Gasteiger partial charge is 0.310 e. The molecule has 1 aliphatic heterocycles. The highest BCUT2D eigenvalue weighted by molar-refractivity contribution is 5.75. The maximum absolute atomic E-state index is 13.3. The van der Waals surface area contributed by atoms with Crippen molar-refractivity contribution in [3.8, 4) is 6.07 Å². The summed E-state index contributed by atoms with van der Waals surface area (Å²) in [4.78, 5) is 13.4. The molecule has 4 nitrogen and oxygen atoms in total. The quantitative estimate of drug-likeness (QED) is 0.917. The molecule has 0 radical (unpaired) electrons. The highest BCUT2D eigenvalue weighted by Crippen LogP contribution is 2.35. The maximum Gasteiger partial charge on any atom is 0.310 e. The molecule has 1 atom stereocenters. The molecule has 1 aromatic carbocycles. The third kappa shape index (κ3) is 2.66. The summed E-state index contributed by atoms with van der Waals surface area (Å²) in [6.07, 6.45) is 1.17. The highest BCUT2D eigenvalue weighted by Gasteiger charge is 2.43. The molecule has 1 N–H and O–H groups in total. The van der Waals surface area contributed by atoms with Crippen molar-refractivity contribution in [2.75, 3.05) is 13.1 Å². The number of aliphatic carboxylic acids is 1. The SMILES string of the molecule is CCC1(C(=O)O)CCN(Cc2cc(F)ccc2C#N)C1. The number of halogens is 1. The number of likely N-dealkylation sites (tertiary alicyclic amines) is 1. The van der Waals surface area contributed by atoms with Crippen LogP contribution in [0.25, 0.3) is 0 Å². The summed E-state index contributed by atoms with van der Waals surface area (Å²) in [5, 5.41) is 18.4. The fraction of sp³-hybridized carbons (Fsp3) is 0.467. The van der Waals surface area contributed by atoms with E-state index >= 15 is 0 Å². The lowest BCUT2D eigenvalue weighted by Gasteiger charge is -2.23. The van der Waals surface area contributed by atoms with Crippen molar-refractivity contribution >= 4 is 5.97 Å². The highest BCUT2D eigenvalue weighted by atomic mass is 19.1. The van der Waals surface area contributed by atoms with Gasteiger partial charge in [0.05, 0.1) is 17.0 Å². The Morgan fingerprint density at radius 3 is 2.90 bits per heavy atom. The summed E-state index contributed by atoms with van der Waals surface area (Å²) in [5.41, 5.74) is 0.348. The summed E-state index contributed by atoms with van der Waals surface area (Å²) < 4.78 is 13.3. The van der Waals surface area contributed by atoms with Crippen molar-refractivity contribution in [3.63, 3.8) is 0 Å². The zero-order valence-electron chi connectivity index (χ0n) is 11.4. The lowest BCUT2D eigenvalue weighted by molar-refractivity contribution is -0.148. The van der Waals surface area contributed by atoms with Crippen LogP contribution >= 0.6 is 0 Å². The molecule has 0 spiro atoms. The predicted octanol–water partition coefficient (Wildman–Crippen LogP) is 2.38. The van der Waals surface area contributed by atoms with Gasteiger partial charge < -0.3 is 5.11 Å². The van der Waals surface area contributed by atoms with Gasteiger partial charge in [0.15, 0.2) is 0 Å². The molecule has 20 heavy (non-hydrogen) atoms. The van der Waals surface area contributed by atoms with E-state index < -0.39 is 11.4 Å². The van der Waals surface area contributed by atoms with E-state index in [9.17, 15) is 14.3 Å². The lowest BCUT2D eigenvalue weighted by atomic mass is 9.84. The Labute approximate surface area is 117 Å². The Bertz CT molecular complexity index is 567. The van der Waals surface area contributed by atoms with E-state index in [1.54, 1.807) is 0 Å². The zero-order chi connectivity index (χ0) is 14.8. The molecule has 1 unspecified atom stereocenters. The number of carboxylic acids is 1. The van der Waals surface area contributed by atoms with Gasteiger partial charge in [0, 0.05) is 13.1 Å². The van der Waals surface area contributed by atoms with Gasteiger partial charge >= 0.3 is 5.97 Å². The molecule has 0 aromatic heterocycles. The predicted molar refractivity (Wildman–Crippen MR) is 71.4 cm³/mol. The Morgan fingerprint density at radius 1 is 1.60 bits per heavy atom. The van der Waals surface area contributed by atoms with Gasteiger partial charge in [0.1, 0.15) is 5.82 Å². The zero-order valence-corrected chi connectivity index (χ0v) is 11.4. The second kappa shape index (κ2) is 5.59. The van der Waals surface area contributed by atoms with E-state index in [2.05, 4.69) is 0 Å². The minimum Gasteiger partial charge on any atom is -0.481 e. The van der Waals surface area contributed by atoms with Crippen molar-refractivity contribution in [1.29, 1.82) is 5.26 Å². The number of rotatable bonds is 4. The minimum atomic E-state index is -0.776. The van der Waals surface area contributed by atoms with Crippen LogP contribution in [0.3, 0.4) is 0 Å². The van der Waals surface area contributed by atoms with Gasteiger partial charge in [0.2, 0.25) is 0 Å². The Kier molecular flexibility index (Phi) is 4.05. The van der Waals surface area contributed by atoms with E-state index in [1.807, 2.05) is 17.9 Å². The normalized spacial score (nSPS) is 22.6. The molecule has 0 aliphatic carbocycles. The molecule has 2 rings (SSSR count). The molecular formula is C15H17FN2O2. The van der Waals surface area contributed by atoms with E-state index in [1.165, 1.54) is 18.2 Å². The van der Waals surface area contributed by atoms with Gasteiger partial charge in [-0.25, -0.2) is 4.39 Å².